The summed E-state index contributed by atoms with van der Waals surface area (Å²) < 4.78 is 0. The second kappa shape index (κ2) is 11.1. The van der Waals surface area contributed by atoms with E-state index in [0.29, 0.717) is 0 Å². The molecule has 0 unspecified atom stereocenters. The van der Waals surface area contributed by atoms with E-state index in [1.54, 1.807) is 6.92 Å². The number of rotatable bonds is 6. The van der Waals surface area contributed by atoms with Gasteiger partial charge in [-0.15, -0.1) is 0 Å². The van der Waals surface area contributed by atoms with E-state index in [4.69, 9.17) is 24.9 Å². The zero-order valence-electron chi connectivity index (χ0n) is 11.0. The maximum Gasteiger partial charge on any atom is 1.00 e. The zero-order valence-corrected chi connectivity index (χ0v) is 14.0. The molecule has 0 bridgehead atoms. The van der Waals surface area contributed by atoms with E-state index in [1.165, 1.54) is 6.92 Å². The van der Waals surface area contributed by atoms with Crippen molar-refractivity contribution in [3.8, 4) is 0 Å². The summed E-state index contributed by atoms with van der Waals surface area (Å²) >= 11 is 0. The van der Waals surface area contributed by atoms with E-state index in [2.05, 4.69) is 0 Å². The van der Waals surface area contributed by atoms with Crippen LogP contribution >= 0.6 is 0 Å². The van der Waals surface area contributed by atoms with Gasteiger partial charge in [0.05, 0.1) is 0 Å². The second-order valence-corrected chi connectivity index (χ2v) is 6.41. The summed E-state index contributed by atoms with van der Waals surface area (Å²) in [7, 11) is -4.25. The first-order valence-electron chi connectivity index (χ1n) is 5.07. The number of hydrogen-bond acceptors (Lipinski definition) is 7. The minimum Gasteiger partial charge on any atom is -0.550 e. The summed E-state index contributed by atoms with van der Waals surface area (Å²) in [5.74, 6) is -2.14. The van der Waals surface area contributed by atoms with Crippen molar-refractivity contribution in [1.29, 1.82) is 0 Å². The third kappa shape index (κ3) is 11.3. The van der Waals surface area contributed by atoms with Gasteiger partial charge in [-0.1, -0.05) is 6.92 Å². The van der Waals surface area contributed by atoms with Gasteiger partial charge in [-0.2, -0.15) is 0 Å². The molecule has 0 saturated carbocycles. The zero-order chi connectivity index (χ0) is 14.2. The summed E-state index contributed by atoms with van der Waals surface area (Å²) in [5.41, 5.74) is 4.60. The molecule has 3 atom stereocenters. The van der Waals surface area contributed by atoms with Crippen LogP contribution in [0.1, 0.15) is 26.7 Å². The van der Waals surface area contributed by atoms with Crippen LogP contribution in [0.5, 0.6) is 0 Å². The third-order valence-corrected chi connectivity index (χ3v) is 3.85. The van der Waals surface area contributed by atoms with Crippen molar-refractivity contribution in [2.45, 2.75) is 38.3 Å². The van der Waals surface area contributed by atoms with E-state index in [1.807, 2.05) is 6.79 Å². The van der Waals surface area contributed by atoms with Crippen LogP contribution in [0.2, 0.25) is 5.54 Å². The Hall–Kier alpha value is 0.197. The molecule has 0 saturated heterocycles. The van der Waals surface area contributed by atoms with Crippen LogP contribution in [-0.4, -0.2) is 42.0 Å². The van der Waals surface area contributed by atoms with Gasteiger partial charge in [0.1, 0.15) is 6.79 Å². The van der Waals surface area contributed by atoms with Gasteiger partial charge in [0, 0.05) is 23.5 Å². The van der Waals surface area contributed by atoms with Gasteiger partial charge in [-0.05, 0) is 19.8 Å². The standard InChI is InChI=1S/C8H19NO5Si.CH2O.Na/c1-5(9)3-7(8(10)11)4-6(2)15(12,13)14;1-2;/h5-7,12-14H,3-4,9H2,1-2H3,(H,10,11);1H2;/q;;+1/p-1/t5-,6+,7-;;/m1../s1. The molecule has 0 aliphatic heterocycles. The first-order valence-corrected chi connectivity index (χ1v) is 6.99. The molecule has 0 radical (unpaired) electrons. The average molecular weight is 289 g/mol. The Morgan fingerprint density at radius 1 is 1.28 bits per heavy atom. The summed E-state index contributed by atoms with van der Waals surface area (Å²) in [6, 6.07) is -0.313. The Bertz CT molecular complexity index is 236. The maximum absolute atomic E-state index is 10.7. The third-order valence-electron chi connectivity index (χ3n) is 2.29. The van der Waals surface area contributed by atoms with Crippen molar-refractivity contribution < 1.29 is 58.6 Å². The van der Waals surface area contributed by atoms with E-state index >= 15 is 0 Å². The molecule has 0 aliphatic rings. The molecule has 0 fully saturated rings. The largest absolute Gasteiger partial charge is 1.00 e. The Morgan fingerprint density at radius 3 is 1.89 bits per heavy atom. The molecular weight excluding hydrogens is 269 g/mol. The molecule has 0 heterocycles. The average Bonchev–Trinajstić information content (AvgIpc) is 2.17. The van der Waals surface area contributed by atoms with Crippen LogP contribution < -0.4 is 40.4 Å². The normalized spacial score (nSPS) is 15.4. The van der Waals surface area contributed by atoms with Crippen LogP contribution in [0.25, 0.3) is 0 Å². The Labute approximate surface area is 130 Å². The summed E-state index contributed by atoms with van der Waals surface area (Å²) in [5, 5.41) is 10.7. The number of carboxylic acids is 1. The second-order valence-electron chi connectivity index (χ2n) is 4.05. The van der Waals surface area contributed by atoms with E-state index in [9.17, 15) is 9.90 Å². The van der Waals surface area contributed by atoms with Gasteiger partial charge < -0.3 is 34.8 Å². The van der Waals surface area contributed by atoms with Crippen molar-refractivity contribution in [3.63, 3.8) is 0 Å². The molecular formula is C9H20NNaO6Si. The molecule has 18 heavy (non-hydrogen) atoms. The molecule has 0 aromatic carbocycles. The summed E-state index contributed by atoms with van der Waals surface area (Å²) in [6.07, 6.45) is 0.150. The van der Waals surface area contributed by atoms with Crippen molar-refractivity contribution in [3.05, 3.63) is 0 Å². The van der Waals surface area contributed by atoms with Crippen molar-refractivity contribution in [1.82, 2.24) is 0 Å². The van der Waals surface area contributed by atoms with Crippen molar-refractivity contribution in [2.24, 2.45) is 11.7 Å². The fourth-order valence-electron chi connectivity index (χ4n) is 1.32. The van der Waals surface area contributed by atoms with Gasteiger partial charge in [-0.3, -0.25) is 0 Å². The number of aliphatic carboxylic acids is 1. The van der Waals surface area contributed by atoms with Crippen molar-refractivity contribution >= 4 is 21.6 Å². The first kappa shape index (κ1) is 23.3. The predicted octanol–water partition coefficient (Wildman–Crippen LogP) is -5.40. The summed E-state index contributed by atoms with van der Waals surface area (Å²) in [6.45, 7) is 5.05. The van der Waals surface area contributed by atoms with Gasteiger partial charge in [0.2, 0.25) is 0 Å². The minimum absolute atomic E-state index is 0. The number of nitrogens with two attached hydrogens (primary N) is 1. The Kier molecular flexibility index (Phi) is 14.3. The van der Waals surface area contributed by atoms with Gasteiger partial charge >= 0.3 is 38.4 Å². The molecule has 0 aliphatic carbocycles. The topological polar surface area (TPSA) is 144 Å². The molecule has 0 rings (SSSR count). The minimum atomic E-state index is -4.25. The van der Waals surface area contributed by atoms with Crippen LogP contribution in [0, 0.1) is 5.92 Å². The number of carbonyl (C=O) groups is 2. The van der Waals surface area contributed by atoms with E-state index in [-0.39, 0.29) is 48.4 Å². The number of hydrogen-bond donors (Lipinski definition) is 4. The van der Waals surface area contributed by atoms with Crippen LogP contribution in [-0.2, 0) is 9.59 Å². The van der Waals surface area contributed by atoms with E-state index < -0.39 is 26.2 Å². The molecule has 0 amide bonds. The Balaban J connectivity index is -0.000000709. The van der Waals surface area contributed by atoms with Gasteiger partial charge in [0.15, 0.2) is 0 Å². The van der Waals surface area contributed by atoms with Crippen LogP contribution in [0.15, 0.2) is 0 Å². The van der Waals surface area contributed by atoms with Gasteiger partial charge in [-0.25, -0.2) is 0 Å². The molecule has 0 aromatic heterocycles. The Morgan fingerprint density at radius 2 is 1.67 bits per heavy atom. The molecule has 9 heteroatoms. The fourth-order valence-corrected chi connectivity index (χ4v) is 1.92. The smallest absolute Gasteiger partial charge is 0.550 e. The molecule has 102 valence electrons. The molecule has 5 N–H and O–H groups in total. The number of carboxylic acid groups (broad SMARTS) is 1. The van der Waals surface area contributed by atoms with Crippen molar-refractivity contribution in [2.75, 3.05) is 0 Å². The van der Waals surface area contributed by atoms with Crippen LogP contribution in [0.3, 0.4) is 0 Å². The summed E-state index contributed by atoms with van der Waals surface area (Å²) in [4.78, 5) is 45.6. The SMILES string of the molecule is C=O.C[C@@H](N)C[C@H](C[C@H](C)[Si](O)(O)O)C(=O)[O-].[Na+]. The number of carbonyl (C=O) groups excluding carboxylic acids is 2. The van der Waals surface area contributed by atoms with Gasteiger partial charge in [0.25, 0.3) is 0 Å². The van der Waals surface area contributed by atoms with E-state index in [0.717, 1.165) is 0 Å². The predicted molar refractivity (Wildman–Crippen MR) is 60.3 cm³/mol. The quantitative estimate of drug-likeness (QED) is 0.357. The fraction of sp³-hybridized carbons (Fsp3) is 0.778. The molecule has 7 nitrogen and oxygen atoms in total. The maximum atomic E-state index is 10.7. The van der Waals surface area contributed by atoms with Crippen LogP contribution in [0.4, 0.5) is 0 Å². The monoisotopic (exact) mass is 289 g/mol. The molecule has 0 spiro atoms. The molecule has 0 aromatic rings. The first-order chi connectivity index (χ1) is 7.64.